The predicted molar refractivity (Wildman–Crippen MR) is 283 cm³/mol. The van der Waals surface area contributed by atoms with E-state index >= 15 is 0 Å². The lowest BCUT2D eigenvalue weighted by Gasteiger charge is -2.22. The van der Waals surface area contributed by atoms with Gasteiger partial charge in [0, 0.05) is 12.8 Å². The SMILES string of the molecule is CCCCC/C=C\CCCCCCCC(=O)OCCCCCCCCCCCCCCCCCCCCCCCCCC(=O)NC(CO)C(O)CCCCCCCCCCCCCCC. The van der Waals surface area contributed by atoms with E-state index in [9.17, 15) is 19.8 Å². The van der Waals surface area contributed by atoms with Crippen molar-refractivity contribution in [2.75, 3.05) is 13.2 Å². The standard InChI is InChI=1S/C59H115NO5/c1-3-5-7-9-11-13-15-28-31-35-39-43-47-51-57(62)56(55-61)60-58(63)52-48-44-40-36-32-29-26-24-22-20-18-17-19-21-23-25-27-30-34-38-42-46-50-54-65-59(64)53-49-45-41-37-33-16-14-12-10-8-6-4-2/h12,14,56-57,61-62H,3-11,13,15-55H2,1-2H3,(H,60,63)/b14-12-. The number of amides is 1. The predicted octanol–water partition coefficient (Wildman–Crippen LogP) is 18.1. The number of carbonyl (C=O) groups excluding carboxylic acids is 2. The zero-order valence-electron chi connectivity index (χ0n) is 44.0. The first-order valence-corrected chi connectivity index (χ1v) is 29.4. The van der Waals surface area contributed by atoms with Crippen molar-refractivity contribution < 1.29 is 24.5 Å². The summed E-state index contributed by atoms with van der Waals surface area (Å²) in [7, 11) is 0. The highest BCUT2D eigenvalue weighted by Gasteiger charge is 2.20. The number of rotatable bonds is 55. The summed E-state index contributed by atoms with van der Waals surface area (Å²) in [6.07, 6.45) is 65.0. The minimum Gasteiger partial charge on any atom is -0.466 e. The molecule has 0 saturated carbocycles. The third kappa shape index (κ3) is 51.8. The second-order valence-electron chi connectivity index (χ2n) is 20.3. The molecule has 3 N–H and O–H groups in total. The Morgan fingerprint density at radius 3 is 1.12 bits per heavy atom. The maximum Gasteiger partial charge on any atom is 0.305 e. The number of unbranched alkanes of at least 4 members (excludes halogenated alkanes) is 42. The van der Waals surface area contributed by atoms with Crippen molar-refractivity contribution in [2.24, 2.45) is 0 Å². The van der Waals surface area contributed by atoms with Crippen LogP contribution in [0.25, 0.3) is 0 Å². The highest BCUT2D eigenvalue weighted by Crippen LogP contribution is 2.18. The number of ether oxygens (including phenoxy) is 1. The molecule has 0 rings (SSSR count). The van der Waals surface area contributed by atoms with Crippen molar-refractivity contribution in [1.82, 2.24) is 5.32 Å². The largest absolute Gasteiger partial charge is 0.466 e. The van der Waals surface area contributed by atoms with Crippen LogP contribution in [0, 0.1) is 0 Å². The van der Waals surface area contributed by atoms with Gasteiger partial charge in [-0.3, -0.25) is 9.59 Å². The van der Waals surface area contributed by atoms with Crippen LogP contribution in [-0.2, 0) is 14.3 Å². The van der Waals surface area contributed by atoms with Crippen LogP contribution in [0.1, 0.15) is 328 Å². The first-order valence-electron chi connectivity index (χ1n) is 29.4. The molecule has 0 radical (unpaired) electrons. The molecule has 0 heterocycles. The molecule has 0 aromatic rings. The molecule has 1 amide bonds. The Morgan fingerprint density at radius 2 is 0.723 bits per heavy atom. The van der Waals surface area contributed by atoms with Crippen LogP contribution in [-0.4, -0.2) is 47.4 Å². The average Bonchev–Trinajstić information content (AvgIpc) is 3.31. The molecule has 386 valence electrons. The van der Waals surface area contributed by atoms with E-state index in [0.717, 1.165) is 44.9 Å². The van der Waals surface area contributed by atoms with E-state index in [1.165, 1.54) is 250 Å². The topological polar surface area (TPSA) is 95.9 Å². The van der Waals surface area contributed by atoms with Crippen molar-refractivity contribution in [1.29, 1.82) is 0 Å². The molecule has 0 aliphatic carbocycles. The van der Waals surface area contributed by atoms with E-state index < -0.39 is 12.1 Å². The van der Waals surface area contributed by atoms with Gasteiger partial charge in [-0.2, -0.15) is 0 Å². The Balaban J connectivity index is 3.36. The number of esters is 1. The van der Waals surface area contributed by atoms with Gasteiger partial charge in [0.05, 0.1) is 25.4 Å². The lowest BCUT2D eigenvalue weighted by molar-refractivity contribution is -0.143. The number of nitrogens with one attached hydrogen (secondary N) is 1. The van der Waals surface area contributed by atoms with Gasteiger partial charge in [0.25, 0.3) is 0 Å². The van der Waals surface area contributed by atoms with Crippen LogP contribution >= 0.6 is 0 Å². The molecule has 0 spiro atoms. The van der Waals surface area contributed by atoms with Gasteiger partial charge < -0.3 is 20.3 Å². The molecule has 2 unspecified atom stereocenters. The average molecular weight is 919 g/mol. The summed E-state index contributed by atoms with van der Waals surface area (Å²) in [5.74, 6) is -0.0285. The van der Waals surface area contributed by atoms with Crippen molar-refractivity contribution in [3.05, 3.63) is 12.2 Å². The molecule has 65 heavy (non-hydrogen) atoms. The Labute approximate surface area is 406 Å². The van der Waals surface area contributed by atoms with Gasteiger partial charge in [0.2, 0.25) is 5.91 Å². The van der Waals surface area contributed by atoms with Crippen LogP contribution in [0.3, 0.4) is 0 Å². The smallest absolute Gasteiger partial charge is 0.305 e. The molecular weight excluding hydrogens is 803 g/mol. The van der Waals surface area contributed by atoms with Crippen LogP contribution in [0.2, 0.25) is 0 Å². The molecule has 6 nitrogen and oxygen atoms in total. The van der Waals surface area contributed by atoms with Crippen LogP contribution < -0.4 is 5.32 Å². The number of aliphatic hydroxyl groups excluding tert-OH is 2. The van der Waals surface area contributed by atoms with Crippen LogP contribution in [0.5, 0.6) is 0 Å². The fraction of sp³-hybridized carbons (Fsp3) is 0.932. The van der Waals surface area contributed by atoms with Gasteiger partial charge in [0.1, 0.15) is 0 Å². The van der Waals surface area contributed by atoms with Crippen molar-refractivity contribution in [3.63, 3.8) is 0 Å². The molecular formula is C59H115NO5. The number of hydrogen-bond acceptors (Lipinski definition) is 5. The lowest BCUT2D eigenvalue weighted by atomic mass is 10.0. The fourth-order valence-corrected chi connectivity index (χ4v) is 9.28. The maximum atomic E-state index is 12.5. The maximum absolute atomic E-state index is 12.5. The monoisotopic (exact) mass is 918 g/mol. The Kier molecular flexibility index (Phi) is 54.0. The molecule has 0 aliphatic heterocycles. The van der Waals surface area contributed by atoms with E-state index in [1.807, 2.05) is 0 Å². The summed E-state index contributed by atoms with van der Waals surface area (Å²) in [5, 5.41) is 23.2. The van der Waals surface area contributed by atoms with Gasteiger partial charge in [-0.15, -0.1) is 0 Å². The van der Waals surface area contributed by atoms with Crippen molar-refractivity contribution >= 4 is 11.9 Å². The van der Waals surface area contributed by atoms with Crippen molar-refractivity contribution in [2.45, 2.75) is 341 Å². The lowest BCUT2D eigenvalue weighted by Crippen LogP contribution is -2.45. The van der Waals surface area contributed by atoms with E-state index in [-0.39, 0.29) is 18.5 Å². The second kappa shape index (κ2) is 55.2. The Morgan fingerprint density at radius 1 is 0.415 bits per heavy atom. The quantitative estimate of drug-likeness (QED) is 0.0321. The molecule has 0 bridgehead atoms. The van der Waals surface area contributed by atoms with Gasteiger partial charge in [-0.05, 0) is 51.4 Å². The molecule has 0 fully saturated rings. The summed E-state index contributed by atoms with van der Waals surface area (Å²) in [6.45, 7) is 4.94. The minimum absolute atomic E-state index is 0.00467. The first kappa shape index (κ1) is 63.6. The van der Waals surface area contributed by atoms with Gasteiger partial charge in [-0.25, -0.2) is 0 Å². The summed E-state index contributed by atoms with van der Waals surface area (Å²) < 4.78 is 5.46. The molecule has 0 saturated heterocycles. The zero-order valence-corrected chi connectivity index (χ0v) is 44.0. The van der Waals surface area contributed by atoms with E-state index in [0.29, 0.717) is 25.9 Å². The number of carbonyl (C=O) groups is 2. The normalized spacial score (nSPS) is 12.6. The first-order chi connectivity index (χ1) is 32.0. The Bertz CT molecular complexity index is 970. The summed E-state index contributed by atoms with van der Waals surface area (Å²) >= 11 is 0. The molecule has 0 aromatic heterocycles. The Hall–Kier alpha value is -1.40. The summed E-state index contributed by atoms with van der Waals surface area (Å²) in [4.78, 5) is 24.5. The van der Waals surface area contributed by atoms with Gasteiger partial charge in [0.15, 0.2) is 0 Å². The second-order valence-corrected chi connectivity index (χ2v) is 20.3. The van der Waals surface area contributed by atoms with Gasteiger partial charge >= 0.3 is 5.97 Å². The number of hydrogen-bond donors (Lipinski definition) is 3. The third-order valence-electron chi connectivity index (χ3n) is 13.8. The van der Waals surface area contributed by atoms with E-state index in [1.54, 1.807) is 0 Å². The summed E-state index contributed by atoms with van der Waals surface area (Å²) in [6, 6.07) is -0.539. The molecule has 2 atom stereocenters. The van der Waals surface area contributed by atoms with E-state index in [4.69, 9.17) is 4.74 Å². The highest BCUT2D eigenvalue weighted by molar-refractivity contribution is 5.76. The molecule has 0 aliphatic rings. The highest BCUT2D eigenvalue weighted by atomic mass is 16.5. The van der Waals surface area contributed by atoms with E-state index in [2.05, 4.69) is 31.3 Å². The fourth-order valence-electron chi connectivity index (χ4n) is 9.28. The van der Waals surface area contributed by atoms with Crippen LogP contribution in [0.15, 0.2) is 12.2 Å². The van der Waals surface area contributed by atoms with Crippen molar-refractivity contribution in [3.8, 4) is 0 Å². The third-order valence-corrected chi connectivity index (χ3v) is 13.8. The minimum atomic E-state index is -0.662. The van der Waals surface area contributed by atoms with Crippen LogP contribution in [0.4, 0.5) is 0 Å². The number of aliphatic hydroxyl groups is 2. The molecule has 6 heteroatoms. The summed E-state index contributed by atoms with van der Waals surface area (Å²) in [5.41, 5.74) is 0. The van der Waals surface area contributed by atoms with Gasteiger partial charge in [-0.1, -0.05) is 276 Å². The number of allylic oxidation sites excluding steroid dienone is 2. The zero-order chi connectivity index (χ0) is 47.2. The molecule has 0 aromatic carbocycles.